The lowest BCUT2D eigenvalue weighted by atomic mass is 9.79. The van der Waals surface area contributed by atoms with Gasteiger partial charge in [0.15, 0.2) is 0 Å². The quantitative estimate of drug-likeness (QED) is 0.723. The Hall–Kier alpha value is -1.72. The van der Waals surface area contributed by atoms with Crippen LogP contribution in [-0.2, 0) is 0 Å². The summed E-state index contributed by atoms with van der Waals surface area (Å²) >= 11 is 0. The van der Waals surface area contributed by atoms with E-state index in [4.69, 9.17) is 10.0 Å². The minimum absolute atomic E-state index is 0.378. The molecule has 1 aromatic heterocycles. The second-order valence-corrected chi connectivity index (χ2v) is 3.36. The summed E-state index contributed by atoms with van der Waals surface area (Å²) in [6.45, 7) is 0. The molecule has 0 aliphatic carbocycles. The topological polar surface area (TPSA) is 53.4 Å². The van der Waals surface area contributed by atoms with Crippen molar-refractivity contribution in [2.75, 3.05) is 0 Å². The van der Waals surface area contributed by atoms with Gasteiger partial charge in [0, 0.05) is 0 Å². The number of rotatable bonds is 2. The van der Waals surface area contributed by atoms with Gasteiger partial charge in [-0.15, -0.1) is 0 Å². The molecule has 2 N–H and O–H groups in total. The maximum atomic E-state index is 12.7. The third-order valence-corrected chi connectivity index (χ3v) is 2.21. The Bertz CT molecular complexity index is 488. The zero-order chi connectivity index (χ0) is 11.5. The summed E-state index contributed by atoms with van der Waals surface area (Å²) in [5, 5.41) is 18.0. The molecule has 0 radical (unpaired) electrons. The van der Waals surface area contributed by atoms with Gasteiger partial charge in [-0.05, 0) is 23.2 Å². The standard InChI is InChI=1S/C11H9BFNO2/c13-10-4-5-11(14-7-10)8-2-1-3-9(6-8)12(15)16/h1-7,15-16H. The smallest absolute Gasteiger partial charge is 0.423 e. The number of halogens is 1. The second kappa shape index (κ2) is 4.43. The molecule has 0 saturated heterocycles. The number of aromatic nitrogens is 1. The van der Waals surface area contributed by atoms with Crippen LogP contribution in [-0.4, -0.2) is 22.2 Å². The molecule has 0 unspecified atom stereocenters. The van der Waals surface area contributed by atoms with Crippen molar-refractivity contribution in [2.24, 2.45) is 0 Å². The Kier molecular flexibility index (Phi) is 2.98. The molecule has 0 spiro atoms. The summed E-state index contributed by atoms with van der Waals surface area (Å²) in [6.07, 6.45) is 1.12. The molecule has 3 nitrogen and oxygen atoms in total. The summed E-state index contributed by atoms with van der Waals surface area (Å²) in [5.41, 5.74) is 1.68. The molecule has 16 heavy (non-hydrogen) atoms. The monoisotopic (exact) mass is 217 g/mol. The molecule has 5 heteroatoms. The third kappa shape index (κ3) is 2.26. The van der Waals surface area contributed by atoms with Gasteiger partial charge in [0.1, 0.15) is 5.82 Å². The number of hydrogen-bond donors (Lipinski definition) is 2. The molecule has 2 rings (SSSR count). The summed E-state index contributed by atoms with van der Waals surface area (Å²) in [5.74, 6) is -0.401. The van der Waals surface area contributed by atoms with E-state index in [1.165, 1.54) is 12.1 Å². The van der Waals surface area contributed by atoms with E-state index in [1.807, 2.05) is 0 Å². The van der Waals surface area contributed by atoms with Gasteiger partial charge < -0.3 is 10.0 Å². The molecule has 0 atom stereocenters. The fraction of sp³-hybridized carbons (Fsp3) is 0. The molecule has 0 aliphatic rings. The zero-order valence-corrected chi connectivity index (χ0v) is 8.34. The first-order valence-corrected chi connectivity index (χ1v) is 4.75. The minimum atomic E-state index is -1.51. The number of hydrogen-bond acceptors (Lipinski definition) is 3. The van der Waals surface area contributed by atoms with Crippen LogP contribution in [0.1, 0.15) is 0 Å². The van der Waals surface area contributed by atoms with E-state index in [0.717, 1.165) is 6.20 Å². The van der Waals surface area contributed by atoms with Gasteiger partial charge in [-0.25, -0.2) is 4.39 Å². The second-order valence-electron chi connectivity index (χ2n) is 3.36. The van der Waals surface area contributed by atoms with Gasteiger partial charge in [0.25, 0.3) is 0 Å². The van der Waals surface area contributed by atoms with Crippen LogP contribution in [0.4, 0.5) is 4.39 Å². The first-order valence-electron chi connectivity index (χ1n) is 4.75. The predicted molar refractivity (Wildman–Crippen MR) is 59.5 cm³/mol. The van der Waals surface area contributed by atoms with Crippen molar-refractivity contribution in [3.8, 4) is 11.3 Å². The van der Waals surface area contributed by atoms with Gasteiger partial charge in [0.05, 0.1) is 11.9 Å². The highest BCUT2D eigenvalue weighted by molar-refractivity contribution is 6.58. The Balaban J connectivity index is 2.40. The molecular weight excluding hydrogens is 208 g/mol. The van der Waals surface area contributed by atoms with Crippen LogP contribution in [0.5, 0.6) is 0 Å². The first kappa shape index (κ1) is 10.8. The lowest BCUT2D eigenvalue weighted by molar-refractivity contribution is 0.426. The fourth-order valence-electron chi connectivity index (χ4n) is 1.41. The van der Waals surface area contributed by atoms with Crippen molar-refractivity contribution < 1.29 is 14.4 Å². The zero-order valence-electron chi connectivity index (χ0n) is 8.34. The SMILES string of the molecule is OB(O)c1cccc(-c2ccc(F)cn2)c1. The summed E-state index contributed by atoms with van der Waals surface area (Å²) in [4.78, 5) is 3.91. The van der Waals surface area contributed by atoms with Crippen LogP contribution >= 0.6 is 0 Å². The van der Waals surface area contributed by atoms with E-state index in [0.29, 0.717) is 16.7 Å². The number of benzene rings is 1. The average molecular weight is 217 g/mol. The van der Waals surface area contributed by atoms with Crippen LogP contribution in [0.15, 0.2) is 42.6 Å². The van der Waals surface area contributed by atoms with Gasteiger partial charge in [-0.2, -0.15) is 0 Å². The van der Waals surface area contributed by atoms with E-state index in [-0.39, 0.29) is 0 Å². The number of nitrogens with zero attached hydrogens (tertiary/aromatic N) is 1. The molecular formula is C11H9BFNO2. The average Bonchev–Trinajstić information content (AvgIpc) is 2.30. The van der Waals surface area contributed by atoms with Gasteiger partial charge in [-0.1, -0.05) is 24.3 Å². The van der Waals surface area contributed by atoms with Crippen LogP contribution < -0.4 is 5.46 Å². The molecule has 2 aromatic rings. The first-order chi connectivity index (χ1) is 7.66. The van der Waals surface area contributed by atoms with Crippen molar-refractivity contribution in [2.45, 2.75) is 0 Å². The lowest BCUT2D eigenvalue weighted by Gasteiger charge is -2.03. The van der Waals surface area contributed by atoms with E-state index < -0.39 is 12.9 Å². The fourth-order valence-corrected chi connectivity index (χ4v) is 1.41. The van der Waals surface area contributed by atoms with Crippen LogP contribution in [0.25, 0.3) is 11.3 Å². The minimum Gasteiger partial charge on any atom is -0.423 e. The van der Waals surface area contributed by atoms with E-state index >= 15 is 0 Å². The largest absolute Gasteiger partial charge is 0.488 e. The van der Waals surface area contributed by atoms with Crippen molar-refractivity contribution in [1.82, 2.24) is 4.98 Å². The molecule has 0 fully saturated rings. The maximum Gasteiger partial charge on any atom is 0.488 e. The van der Waals surface area contributed by atoms with Gasteiger partial charge in [0.2, 0.25) is 0 Å². The Morgan fingerprint density at radius 1 is 1.12 bits per heavy atom. The molecule has 0 aliphatic heterocycles. The molecule has 1 heterocycles. The molecule has 80 valence electrons. The highest BCUT2D eigenvalue weighted by atomic mass is 19.1. The normalized spacial score (nSPS) is 10.2. The highest BCUT2D eigenvalue weighted by Crippen LogP contribution is 2.15. The van der Waals surface area contributed by atoms with Crippen molar-refractivity contribution >= 4 is 12.6 Å². The van der Waals surface area contributed by atoms with E-state index in [9.17, 15) is 4.39 Å². The molecule has 0 amide bonds. The molecule has 0 bridgehead atoms. The van der Waals surface area contributed by atoms with Crippen LogP contribution in [0.3, 0.4) is 0 Å². The summed E-state index contributed by atoms with van der Waals surface area (Å²) in [6, 6.07) is 9.51. The van der Waals surface area contributed by atoms with Crippen molar-refractivity contribution in [3.63, 3.8) is 0 Å². The third-order valence-electron chi connectivity index (χ3n) is 2.21. The van der Waals surface area contributed by atoms with E-state index in [2.05, 4.69) is 4.98 Å². The number of pyridine rings is 1. The lowest BCUT2D eigenvalue weighted by Crippen LogP contribution is -2.29. The van der Waals surface area contributed by atoms with Gasteiger partial charge >= 0.3 is 7.12 Å². The molecule has 1 aromatic carbocycles. The maximum absolute atomic E-state index is 12.7. The molecule has 0 saturated carbocycles. The summed E-state index contributed by atoms with van der Waals surface area (Å²) in [7, 11) is -1.51. The van der Waals surface area contributed by atoms with Crippen LogP contribution in [0.2, 0.25) is 0 Å². The van der Waals surface area contributed by atoms with Crippen molar-refractivity contribution in [1.29, 1.82) is 0 Å². The van der Waals surface area contributed by atoms with Crippen molar-refractivity contribution in [3.05, 3.63) is 48.4 Å². The highest BCUT2D eigenvalue weighted by Gasteiger charge is 2.11. The van der Waals surface area contributed by atoms with Crippen LogP contribution in [0, 0.1) is 5.82 Å². The Labute approximate surface area is 92.4 Å². The van der Waals surface area contributed by atoms with Gasteiger partial charge in [-0.3, -0.25) is 4.98 Å². The van der Waals surface area contributed by atoms with E-state index in [1.54, 1.807) is 24.3 Å². The summed E-state index contributed by atoms with van der Waals surface area (Å²) < 4.78 is 12.7. The predicted octanol–water partition coefficient (Wildman–Crippen LogP) is 0.567. The Morgan fingerprint density at radius 2 is 1.94 bits per heavy atom. The Morgan fingerprint density at radius 3 is 2.56 bits per heavy atom.